The molecule has 2 rings (SSSR count). The van der Waals surface area contributed by atoms with Crippen molar-refractivity contribution >= 4 is 67.3 Å². The molecule has 0 unspecified atom stereocenters. The van der Waals surface area contributed by atoms with Gasteiger partial charge in [0.15, 0.2) is 0 Å². The summed E-state index contributed by atoms with van der Waals surface area (Å²) in [4.78, 5) is 0. The molecular weight excluding hydrogens is 380 g/mol. The molecule has 0 fully saturated rings. The van der Waals surface area contributed by atoms with Gasteiger partial charge >= 0.3 is 0 Å². The summed E-state index contributed by atoms with van der Waals surface area (Å²) in [7, 11) is 0. The molecule has 106 valence electrons. The zero-order valence-electron chi connectivity index (χ0n) is 9.84. The van der Waals surface area contributed by atoms with Crippen LogP contribution in [0.3, 0.4) is 0 Å². The highest BCUT2D eigenvalue weighted by Crippen LogP contribution is 2.56. The second-order valence-corrected chi connectivity index (χ2v) is 13.7. The maximum Gasteiger partial charge on any atom is 0.281 e. The molecule has 0 radical (unpaired) electrons. The van der Waals surface area contributed by atoms with Crippen molar-refractivity contribution in [3.8, 4) is 11.1 Å². The minimum atomic E-state index is -3.37. The first kappa shape index (κ1) is 16.4. The molecule has 0 saturated carbocycles. The number of hydrogen-bond donors (Lipinski definition) is 0. The minimum absolute atomic E-state index is 0.337. The first-order valence-corrected chi connectivity index (χ1v) is 12.4. The van der Waals surface area contributed by atoms with Crippen LogP contribution in [0, 0.1) is 0 Å². The third kappa shape index (κ3) is 4.04. The van der Waals surface area contributed by atoms with E-state index in [1.807, 2.05) is 0 Å². The fourth-order valence-corrected chi connectivity index (χ4v) is 4.05. The lowest BCUT2D eigenvalue weighted by Crippen LogP contribution is -2.00. The molecule has 0 N–H and O–H groups in total. The van der Waals surface area contributed by atoms with E-state index in [9.17, 15) is 9.13 Å². The molecule has 2 aromatic rings. The van der Waals surface area contributed by atoms with Crippen LogP contribution in [0.2, 0.25) is 0 Å². The lowest BCUT2D eigenvalue weighted by atomic mass is 10.1. The highest BCUT2D eigenvalue weighted by molar-refractivity contribution is 8.13. The van der Waals surface area contributed by atoms with E-state index < -0.39 is 11.7 Å². The summed E-state index contributed by atoms with van der Waals surface area (Å²) in [6.07, 6.45) is 0. The molecule has 0 spiro atoms. The van der Waals surface area contributed by atoms with Crippen LogP contribution >= 0.6 is 56.7 Å². The first-order chi connectivity index (χ1) is 9.18. The molecule has 8 heteroatoms. The van der Waals surface area contributed by atoms with Gasteiger partial charge in [-0.1, -0.05) is 24.3 Å². The van der Waals surface area contributed by atoms with Crippen LogP contribution in [0.4, 0.5) is 0 Å². The molecule has 0 aliphatic carbocycles. The van der Waals surface area contributed by atoms with Gasteiger partial charge < -0.3 is 0 Å². The Hall–Kier alpha value is 0.0600. The van der Waals surface area contributed by atoms with Crippen molar-refractivity contribution in [1.82, 2.24) is 0 Å². The van der Waals surface area contributed by atoms with Gasteiger partial charge in [-0.25, -0.2) is 0 Å². The zero-order chi connectivity index (χ0) is 15.0. The van der Waals surface area contributed by atoms with Crippen molar-refractivity contribution in [1.29, 1.82) is 0 Å². The van der Waals surface area contributed by atoms with E-state index in [0.29, 0.717) is 10.6 Å². The first-order valence-electron chi connectivity index (χ1n) is 5.38. The molecular formula is C12H8Cl4O2P2. The van der Waals surface area contributed by atoms with E-state index in [2.05, 4.69) is 0 Å². The Kier molecular flexibility index (Phi) is 4.97. The summed E-state index contributed by atoms with van der Waals surface area (Å²) in [6, 6.07) is 13.4. The summed E-state index contributed by atoms with van der Waals surface area (Å²) in [5.74, 6) is -6.74. The molecule has 0 aromatic heterocycles. The average Bonchev–Trinajstić information content (AvgIpc) is 2.37. The van der Waals surface area contributed by atoms with Crippen molar-refractivity contribution < 1.29 is 9.13 Å². The Morgan fingerprint density at radius 1 is 0.650 bits per heavy atom. The van der Waals surface area contributed by atoms with Gasteiger partial charge in [0.2, 0.25) is 0 Å². The molecule has 0 amide bonds. The van der Waals surface area contributed by atoms with Crippen molar-refractivity contribution in [2.45, 2.75) is 0 Å². The second-order valence-electron chi connectivity index (χ2n) is 4.03. The van der Waals surface area contributed by atoms with Crippen molar-refractivity contribution in [3.05, 3.63) is 48.5 Å². The highest BCUT2D eigenvalue weighted by Gasteiger charge is 2.19. The summed E-state index contributed by atoms with van der Waals surface area (Å²) < 4.78 is 23.3. The minimum Gasteiger partial charge on any atom is -0.284 e. The van der Waals surface area contributed by atoms with E-state index in [0.717, 1.165) is 11.1 Å². The van der Waals surface area contributed by atoms with Gasteiger partial charge in [-0.05, 0) is 80.4 Å². The van der Waals surface area contributed by atoms with Crippen LogP contribution in [0.25, 0.3) is 11.1 Å². The van der Waals surface area contributed by atoms with Gasteiger partial charge in [0, 0.05) is 10.6 Å². The SMILES string of the molecule is O=P(Cl)(Cl)c1cccc(-c2cccc(P(=O)(Cl)Cl)c2)c1. The number of benzene rings is 2. The normalized spacial score (nSPS) is 12.4. The van der Waals surface area contributed by atoms with E-state index in [1.165, 1.54) is 0 Å². The Labute approximate surface area is 135 Å². The topological polar surface area (TPSA) is 34.1 Å². The maximum atomic E-state index is 11.7. The summed E-state index contributed by atoms with van der Waals surface area (Å²) in [5, 5.41) is 0.673. The predicted molar refractivity (Wildman–Crippen MR) is 89.8 cm³/mol. The lowest BCUT2D eigenvalue weighted by molar-refractivity contribution is 0.596. The van der Waals surface area contributed by atoms with Crippen LogP contribution in [-0.2, 0) is 9.13 Å². The van der Waals surface area contributed by atoms with Crippen molar-refractivity contribution in [2.24, 2.45) is 0 Å². The van der Waals surface area contributed by atoms with Gasteiger partial charge in [0.1, 0.15) is 0 Å². The van der Waals surface area contributed by atoms with Gasteiger partial charge in [0.25, 0.3) is 11.7 Å². The highest BCUT2D eigenvalue weighted by atomic mass is 35.9. The fraction of sp³-hybridized carbons (Fsp3) is 0. The van der Waals surface area contributed by atoms with E-state index in [-0.39, 0.29) is 0 Å². The van der Waals surface area contributed by atoms with Crippen molar-refractivity contribution in [2.75, 3.05) is 0 Å². The van der Waals surface area contributed by atoms with E-state index >= 15 is 0 Å². The molecule has 2 nitrogen and oxygen atoms in total. The number of rotatable bonds is 3. The van der Waals surface area contributed by atoms with Crippen LogP contribution in [-0.4, -0.2) is 0 Å². The summed E-state index contributed by atoms with van der Waals surface area (Å²) in [5.41, 5.74) is 1.46. The molecule has 20 heavy (non-hydrogen) atoms. The quantitative estimate of drug-likeness (QED) is 0.610. The standard InChI is InChI=1S/C12H8Cl4O2P2/c13-19(14,17)11-5-1-3-9(7-11)10-4-2-6-12(8-10)20(15,16)18/h1-8H. The molecule has 0 bridgehead atoms. The monoisotopic (exact) mass is 386 g/mol. The Balaban J connectivity index is 2.53. The van der Waals surface area contributed by atoms with Gasteiger partial charge in [-0.2, -0.15) is 0 Å². The Morgan fingerprint density at radius 2 is 1.00 bits per heavy atom. The zero-order valence-corrected chi connectivity index (χ0v) is 14.7. The Morgan fingerprint density at radius 3 is 1.30 bits per heavy atom. The second kappa shape index (κ2) is 6.05. The third-order valence-electron chi connectivity index (χ3n) is 2.63. The van der Waals surface area contributed by atoms with Crippen molar-refractivity contribution in [3.63, 3.8) is 0 Å². The fourth-order valence-electron chi connectivity index (χ4n) is 1.69. The van der Waals surface area contributed by atoms with Crippen LogP contribution in [0.5, 0.6) is 0 Å². The largest absolute Gasteiger partial charge is 0.284 e. The van der Waals surface area contributed by atoms with Gasteiger partial charge in [-0.15, -0.1) is 0 Å². The molecule has 0 heterocycles. The lowest BCUT2D eigenvalue weighted by Gasteiger charge is -2.08. The third-order valence-corrected chi connectivity index (χ3v) is 6.73. The summed E-state index contributed by atoms with van der Waals surface area (Å²) in [6.45, 7) is 0. The average molecular weight is 388 g/mol. The number of halogens is 4. The maximum absolute atomic E-state index is 11.7. The van der Waals surface area contributed by atoms with Gasteiger partial charge in [0.05, 0.1) is 0 Å². The number of hydrogen-bond acceptors (Lipinski definition) is 2. The van der Waals surface area contributed by atoms with Crippen LogP contribution in [0.1, 0.15) is 0 Å². The van der Waals surface area contributed by atoms with Crippen LogP contribution in [0.15, 0.2) is 48.5 Å². The molecule has 0 saturated heterocycles. The van der Waals surface area contributed by atoms with E-state index in [1.54, 1.807) is 48.5 Å². The predicted octanol–water partition coefficient (Wildman–Crippen LogP) is 5.95. The smallest absolute Gasteiger partial charge is 0.281 e. The molecule has 0 aliphatic rings. The molecule has 2 aromatic carbocycles. The Bertz CT molecular complexity index is 672. The molecule has 0 atom stereocenters. The summed E-state index contributed by atoms with van der Waals surface area (Å²) >= 11 is 22.6. The van der Waals surface area contributed by atoms with Crippen LogP contribution < -0.4 is 10.6 Å². The van der Waals surface area contributed by atoms with E-state index in [4.69, 9.17) is 45.0 Å². The van der Waals surface area contributed by atoms with Gasteiger partial charge in [-0.3, -0.25) is 9.13 Å². The molecule has 0 aliphatic heterocycles.